The molecule has 2 heterocycles. The number of hydrogen-bond donors (Lipinski definition) is 0. The Morgan fingerprint density at radius 1 is 1.17 bits per heavy atom. The van der Waals surface area contributed by atoms with Crippen LogP contribution in [0, 0.1) is 6.92 Å². The van der Waals surface area contributed by atoms with Crippen LogP contribution >= 0.6 is 0 Å². The third kappa shape index (κ3) is 2.84. The minimum atomic E-state index is 0.0974. The number of pyridine rings is 1. The summed E-state index contributed by atoms with van der Waals surface area (Å²) in [4.78, 5) is 22.0. The first kappa shape index (κ1) is 15.4. The van der Waals surface area contributed by atoms with E-state index >= 15 is 0 Å². The fraction of sp³-hybridized carbons (Fsp3) is 0.474. The molecule has 1 aliphatic heterocycles. The van der Waals surface area contributed by atoms with Crippen LogP contribution < -0.4 is 4.74 Å². The van der Waals surface area contributed by atoms with Gasteiger partial charge < -0.3 is 9.64 Å². The van der Waals surface area contributed by atoms with Gasteiger partial charge in [0.1, 0.15) is 5.75 Å². The first-order valence-corrected chi connectivity index (χ1v) is 8.64. The second kappa shape index (κ2) is 6.06. The molecule has 0 atom stereocenters. The normalized spacial score (nSPS) is 18.8. The topological polar surface area (TPSA) is 45.7 Å². The molecule has 1 saturated carbocycles. The second-order valence-corrected chi connectivity index (χ2v) is 6.74. The average Bonchev–Trinajstić information content (AvgIpc) is 3.45. The highest BCUT2D eigenvalue weighted by Gasteiger charge is 2.32. The quantitative estimate of drug-likeness (QED) is 0.870. The Hall–Kier alpha value is -2.14. The molecule has 0 radical (unpaired) electrons. The summed E-state index contributed by atoms with van der Waals surface area (Å²) in [5, 5.41) is 0.944. The minimum absolute atomic E-state index is 0.0974. The fourth-order valence-electron chi connectivity index (χ4n) is 3.49. The lowest BCUT2D eigenvalue weighted by atomic mass is 10.1. The molecule has 1 saturated heterocycles. The molecule has 0 spiro atoms. The van der Waals surface area contributed by atoms with E-state index in [1.165, 1.54) is 12.8 Å². The maximum atomic E-state index is 12.9. The molecule has 5 heteroatoms. The number of methoxy groups -OCH3 is 1. The Labute approximate surface area is 142 Å². The molecule has 2 aromatic rings. The molecule has 2 fully saturated rings. The Bertz CT molecular complexity index is 778. The molecule has 24 heavy (non-hydrogen) atoms. The van der Waals surface area contributed by atoms with Crippen molar-refractivity contribution in [3.05, 3.63) is 35.5 Å². The van der Waals surface area contributed by atoms with Gasteiger partial charge in [0, 0.05) is 37.6 Å². The summed E-state index contributed by atoms with van der Waals surface area (Å²) < 4.78 is 5.28. The number of aromatic nitrogens is 1. The number of ether oxygens (including phenoxy) is 1. The van der Waals surface area contributed by atoms with Crippen LogP contribution in [0.5, 0.6) is 5.75 Å². The number of amides is 1. The number of nitrogens with zero attached hydrogens (tertiary/aromatic N) is 3. The summed E-state index contributed by atoms with van der Waals surface area (Å²) >= 11 is 0. The van der Waals surface area contributed by atoms with Gasteiger partial charge in [-0.25, -0.2) is 0 Å². The maximum Gasteiger partial charge on any atom is 0.255 e. The summed E-state index contributed by atoms with van der Waals surface area (Å²) in [5.74, 6) is 0.879. The fourth-order valence-corrected chi connectivity index (χ4v) is 3.49. The van der Waals surface area contributed by atoms with Crippen LogP contribution in [0.4, 0.5) is 0 Å². The van der Waals surface area contributed by atoms with Crippen LogP contribution in [0.3, 0.4) is 0 Å². The molecule has 4 rings (SSSR count). The zero-order chi connectivity index (χ0) is 16.7. The van der Waals surface area contributed by atoms with E-state index in [-0.39, 0.29) is 5.91 Å². The van der Waals surface area contributed by atoms with Gasteiger partial charge in [-0.15, -0.1) is 0 Å². The van der Waals surface area contributed by atoms with E-state index in [1.54, 1.807) is 7.11 Å². The Balaban J connectivity index is 1.58. The van der Waals surface area contributed by atoms with Gasteiger partial charge >= 0.3 is 0 Å². The van der Waals surface area contributed by atoms with Crippen molar-refractivity contribution in [2.24, 2.45) is 0 Å². The van der Waals surface area contributed by atoms with Crippen molar-refractivity contribution in [3.63, 3.8) is 0 Å². The predicted octanol–water partition coefficient (Wildman–Crippen LogP) is 2.47. The van der Waals surface area contributed by atoms with Crippen LogP contribution in [0.1, 0.15) is 28.9 Å². The van der Waals surface area contributed by atoms with E-state index in [1.807, 2.05) is 36.1 Å². The van der Waals surface area contributed by atoms with E-state index in [0.29, 0.717) is 5.56 Å². The highest BCUT2D eigenvalue weighted by molar-refractivity contribution is 5.98. The monoisotopic (exact) mass is 325 g/mol. The molecule has 2 aliphatic rings. The van der Waals surface area contributed by atoms with Crippen molar-refractivity contribution in [3.8, 4) is 5.75 Å². The van der Waals surface area contributed by atoms with Crippen LogP contribution in [-0.4, -0.2) is 60.0 Å². The number of rotatable bonds is 3. The van der Waals surface area contributed by atoms with Gasteiger partial charge in [0.05, 0.1) is 23.9 Å². The van der Waals surface area contributed by atoms with Crippen molar-refractivity contribution >= 4 is 16.8 Å². The van der Waals surface area contributed by atoms with Gasteiger partial charge in [0.15, 0.2) is 0 Å². The molecule has 1 amide bonds. The number of piperazine rings is 1. The predicted molar refractivity (Wildman–Crippen MR) is 93.5 cm³/mol. The highest BCUT2D eigenvalue weighted by atomic mass is 16.5. The van der Waals surface area contributed by atoms with Gasteiger partial charge in [-0.2, -0.15) is 0 Å². The molecule has 1 aromatic heterocycles. The van der Waals surface area contributed by atoms with Gasteiger partial charge in [-0.3, -0.25) is 14.7 Å². The molecule has 0 bridgehead atoms. The third-order valence-corrected chi connectivity index (χ3v) is 5.11. The molecule has 126 valence electrons. The molecule has 1 aliphatic carbocycles. The summed E-state index contributed by atoms with van der Waals surface area (Å²) in [6.07, 6.45) is 2.65. The average molecular weight is 325 g/mol. The van der Waals surface area contributed by atoms with E-state index in [4.69, 9.17) is 4.74 Å². The largest absolute Gasteiger partial charge is 0.497 e. The molecule has 0 unspecified atom stereocenters. The van der Waals surface area contributed by atoms with Gasteiger partial charge in [-0.1, -0.05) is 0 Å². The Kier molecular flexibility index (Phi) is 3.88. The lowest BCUT2D eigenvalue weighted by Gasteiger charge is -2.35. The van der Waals surface area contributed by atoms with Gasteiger partial charge in [0.25, 0.3) is 5.91 Å². The van der Waals surface area contributed by atoms with Crippen LogP contribution in [0.15, 0.2) is 24.3 Å². The lowest BCUT2D eigenvalue weighted by molar-refractivity contribution is 0.0626. The number of carbonyl (C=O) groups is 1. The number of fused-ring (bicyclic) bond motifs is 1. The van der Waals surface area contributed by atoms with E-state index in [0.717, 1.165) is 54.6 Å². The van der Waals surface area contributed by atoms with Gasteiger partial charge in [-0.05, 0) is 44.0 Å². The van der Waals surface area contributed by atoms with Crippen molar-refractivity contribution in [2.75, 3.05) is 33.3 Å². The van der Waals surface area contributed by atoms with E-state index in [2.05, 4.69) is 9.88 Å². The molecular weight excluding hydrogens is 302 g/mol. The van der Waals surface area contributed by atoms with Crippen molar-refractivity contribution < 1.29 is 9.53 Å². The van der Waals surface area contributed by atoms with E-state index < -0.39 is 0 Å². The number of benzene rings is 1. The van der Waals surface area contributed by atoms with Crippen LogP contribution in [0.25, 0.3) is 10.9 Å². The molecule has 1 aromatic carbocycles. The first-order chi connectivity index (χ1) is 11.7. The van der Waals surface area contributed by atoms with Crippen LogP contribution in [0.2, 0.25) is 0 Å². The minimum Gasteiger partial charge on any atom is -0.497 e. The highest BCUT2D eigenvalue weighted by Crippen LogP contribution is 2.28. The third-order valence-electron chi connectivity index (χ3n) is 5.11. The summed E-state index contributed by atoms with van der Waals surface area (Å²) in [7, 11) is 1.65. The number of hydrogen-bond acceptors (Lipinski definition) is 4. The lowest BCUT2D eigenvalue weighted by Crippen LogP contribution is -2.49. The van der Waals surface area contributed by atoms with Crippen LogP contribution in [-0.2, 0) is 0 Å². The number of aryl methyl sites for hydroxylation is 1. The standard InChI is InChI=1S/C19H23N3O2/c1-13-17(12-14-11-16(24-2)5-6-18(14)20-13)19(23)22-9-7-21(8-10-22)15-3-4-15/h5-6,11-12,15H,3-4,7-10H2,1-2H3. The molecule has 5 nitrogen and oxygen atoms in total. The van der Waals surface area contributed by atoms with E-state index in [9.17, 15) is 4.79 Å². The maximum absolute atomic E-state index is 12.9. The zero-order valence-corrected chi connectivity index (χ0v) is 14.3. The molecule has 0 N–H and O–H groups in total. The Morgan fingerprint density at radius 3 is 2.58 bits per heavy atom. The smallest absolute Gasteiger partial charge is 0.255 e. The van der Waals surface area contributed by atoms with Crippen molar-refractivity contribution in [1.29, 1.82) is 0 Å². The van der Waals surface area contributed by atoms with Gasteiger partial charge in [0.2, 0.25) is 0 Å². The number of carbonyl (C=O) groups excluding carboxylic acids is 1. The SMILES string of the molecule is COc1ccc2nc(C)c(C(=O)N3CCN(C4CC4)CC3)cc2c1. The first-order valence-electron chi connectivity index (χ1n) is 8.64. The molecular formula is C19H23N3O2. The van der Waals surface area contributed by atoms with Crippen molar-refractivity contribution in [1.82, 2.24) is 14.8 Å². The zero-order valence-electron chi connectivity index (χ0n) is 14.3. The Morgan fingerprint density at radius 2 is 1.92 bits per heavy atom. The summed E-state index contributed by atoms with van der Waals surface area (Å²) in [5.41, 5.74) is 2.39. The summed E-state index contributed by atoms with van der Waals surface area (Å²) in [6, 6.07) is 8.50. The second-order valence-electron chi connectivity index (χ2n) is 6.74. The summed E-state index contributed by atoms with van der Waals surface area (Å²) in [6.45, 7) is 5.52. The van der Waals surface area contributed by atoms with Crippen molar-refractivity contribution in [2.45, 2.75) is 25.8 Å².